The molecule has 24 heavy (non-hydrogen) atoms. The summed E-state index contributed by atoms with van der Waals surface area (Å²) in [5, 5.41) is 3.43. The van der Waals surface area contributed by atoms with Gasteiger partial charge in [-0.05, 0) is 44.1 Å². The Balaban J connectivity index is 4.28. The van der Waals surface area contributed by atoms with Gasteiger partial charge in [-0.2, -0.15) is 0 Å². The van der Waals surface area contributed by atoms with E-state index in [-0.39, 0.29) is 5.41 Å². The van der Waals surface area contributed by atoms with Crippen LogP contribution in [0.5, 0.6) is 0 Å². The van der Waals surface area contributed by atoms with Gasteiger partial charge in [0.15, 0.2) is 0 Å². The minimum Gasteiger partial charge on any atom is -0.383 e. The van der Waals surface area contributed by atoms with Crippen LogP contribution in [0.3, 0.4) is 0 Å². The molecular formula is C23H37N. The van der Waals surface area contributed by atoms with E-state index in [1.165, 1.54) is 5.57 Å². The van der Waals surface area contributed by atoms with Crippen LogP contribution in [-0.2, 0) is 0 Å². The zero-order chi connectivity index (χ0) is 18.6. The van der Waals surface area contributed by atoms with Crippen LogP contribution in [-0.4, -0.2) is 6.04 Å². The second kappa shape index (κ2) is 11.7. The minimum atomic E-state index is 0.226. The monoisotopic (exact) mass is 327 g/mol. The van der Waals surface area contributed by atoms with Crippen molar-refractivity contribution < 1.29 is 0 Å². The summed E-state index contributed by atoms with van der Waals surface area (Å²) in [4.78, 5) is 0. The number of allylic oxidation sites excluding steroid dienone is 9. The molecule has 0 aromatic heterocycles. The van der Waals surface area contributed by atoms with E-state index < -0.39 is 0 Å². The molecule has 0 aliphatic rings. The number of nitrogens with one attached hydrogen (secondary N) is 1. The van der Waals surface area contributed by atoms with E-state index in [9.17, 15) is 0 Å². The lowest BCUT2D eigenvalue weighted by atomic mass is 9.88. The molecule has 1 heteroatoms. The summed E-state index contributed by atoms with van der Waals surface area (Å²) in [6.45, 7) is 21.0. The second-order valence-electron chi connectivity index (χ2n) is 7.66. The van der Waals surface area contributed by atoms with E-state index >= 15 is 0 Å². The van der Waals surface area contributed by atoms with Gasteiger partial charge in [-0.25, -0.2) is 0 Å². The molecule has 0 aliphatic heterocycles. The Labute approximate surface area is 150 Å². The van der Waals surface area contributed by atoms with Crippen LogP contribution in [0.15, 0.2) is 73.0 Å². The molecule has 1 nitrogen and oxygen atoms in total. The van der Waals surface area contributed by atoms with Crippen LogP contribution in [0.2, 0.25) is 0 Å². The van der Waals surface area contributed by atoms with Crippen LogP contribution in [0.25, 0.3) is 0 Å². The normalized spacial score (nSPS) is 16.0. The van der Waals surface area contributed by atoms with E-state index in [0.717, 1.165) is 18.5 Å². The van der Waals surface area contributed by atoms with Crippen molar-refractivity contribution in [2.75, 3.05) is 0 Å². The van der Waals surface area contributed by atoms with Gasteiger partial charge in [-0.1, -0.05) is 89.0 Å². The van der Waals surface area contributed by atoms with Crippen molar-refractivity contribution >= 4 is 0 Å². The standard InChI is InChI=1S/C23H37N/c1-9-10-11-14-19(2)17-18-20(3)15-12-13-16-21(4)24-22(5)23(6,7)8/h9-13,15-16,18-19,22,24H,1,4,14,17H2,2-3,5-8H3/b11-10-,15-12+,16-13+,20-18+. The van der Waals surface area contributed by atoms with Gasteiger partial charge in [0.25, 0.3) is 0 Å². The second-order valence-corrected chi connectivity index (χ2v) is 7.66. The Bertz CT molecular complexity index is 495. The molecule has 0 radical (unpaired) electrons. The molecule has 2 atom stereocenters. The largest absolute Gasteiger partial charge is 0.383 e. The minimum absolute atomic E-state index is 0.226. The smallest absolute Gasteiger partial charge is 0.0281 e. The Morgan fingerprint density at radius 1 is 1.04 bits per heavy atom. The average Bonchev–Trinajstić information content (AvgIpc) is 2.48. The lowest BCUT2D eigenvalue weighted by Gasteiger charge is -2.29. The highest BCUT2D eigenvalue weighted by Crippen LogP contribution is 2.19. The summed E-state index contributed by atoms with van der Waals surface area (Å²) in [6, 6.07) is 0.386. The van der Waals surface area contributed by atoms with Gasteiger partial charge in [-0.15, -0.1) is 0 Å². The summed E-state index contributed by atoms with van der Waals surface area (Å²) < 4.78 is 0. The van der Waals surface area contributed by atoms with Crippen molar-refractivity contribution in [3.63, 3.8) is 0 Å². The fourth-order valence-electron chi connectivity index (χ4n) is 1.88. The first-order chi connectivity index (χ1) is 11.2. The number of hydrogen-bond acceptors (Lipinski definition) is 1. The highest BCUT2D eigenvalue weighted by atomic mass is 14.9. The molecule has 0 saturated heterocycles. The lowest BCUT2D eigenvalue weighted by Crippen LogP contribution is -2.36. The van der Waals surface area contributed by atoms with E-state index in [0.29, 0.717) is 12.0 Å². The van der Waals surface area contributed by atoms with Gasteiger partial charge >= 0.3 is 0 Å². The third kappa shape index (κ3) is 11.8. The molecule has 0 bridgehead atoms. The van der Waals surface area contributed by atoms with Crippen LogP contribution in [0, 0.1) is 11.3 Å². The molecule has 0 fully saturated rings. The number of hydrogen-bond donors (Lipinski definition) is 1. The predicted molar refractivity (Wildman–Crippen MR) is 111 cm³/mol. The van der Waals surface area contributed by atoms with Gasteiger partial charge in [-0.3, -0.25) is 0 Å². The molecule has 0 aliphatic carbocycles. The maximum atomic E-state index is 4.06. The van der Waals surface area contributed by atoms with Crippen LogP contribution >= 0.6 is 0 Å². The molecule has 0 spiro atoms. The van der Waals surface area contributed by atoms with E-state index in [1.54, 1.807) is 0 Å². The van der Waals surface area contributed by atoms with E-state index in [2.05, 4.69) is 84.3 Å². The zero-order valence-electron chi connectivity index (χ0n) is 16.6. The highest BCUT2D eigenvalue weighted by Gasteiger charge is 2.19. The van der Waals surface area contributed by atoms with Crippen molar-refractivity contribution in [1.82, 2.24) is 5.32 Å². The zero-order valence-corrected chi connectivity index (χ0v) is 16.6. The van der Waals surface area contributed by atoms with Crippen molar-refractivity contribution in [1.29, 1.82) is 0 Å². The predicted octanol–water partition coefficient (Wildman–Crippen LogP) is 6.74. The Hall–Kier alpha value is -1.76. The summed E-state index contributed by atoms with van der Waals surface area (Å²) in [7, 11) is 0. The average molecular weight is 328 g/mol. The van der Waals surface area contributed by atoms with Crippen molar-refractivity contribution in [3.8, 4) is 0 Å². The van der Waals surface area contributed by atoms with Crippen molar-refractivity contribution in [3.05, 3.63) is 73.0 Å². The topological polar surface area (TPSA) is 12.0 Å². The first-order valence-corrected chi connectivity index (χ1v) is 8.91. The van der Waals surface area contributed by atoms with Crippen LogP contribution in [0.4, 0.5) is 0 Å². The van der Waals surface area contributed by atoms with Crippen molar-refractivity contribution in [2.45, 2.75) is 60.4 Å². The molecule has 1 N–H and O–H groups in total. The molecule has 0 rings (SSSR count). The van der Waals surface area contributed by atoms with Crippen LogP contribution < -0.4 is 5.32 Å². The first kappa shape index (κ1) is 22.2. The summed E-state index contributed by atoms with van der Waals surface area (Å²) >= 11 is 0. The maximum Gasteiger partial charge on any atom is 0.0281 e. The molecule has 0 amide bonds. The molecular weight excluding hydrogens is 290 g/mol. The fraction of sp³-hybridized carbons (Fsp3) is 0.478. The quantitative estimate of drug-likeness (QED) is 0.438. The Kier molecular flexibility index (Phi) is 10.9. The highest BCUT2D eigenvalue weighted by molar-refractivity contribution is 5.24. The third-order valence-corrected chi connectivity index (χ3v) is 4.12. The first-order valence-electron chi connectivity index (χ1n) is 8.91. The van der Waals surface area contributed by atoms with Gasteiger partial charge in [0, 0.05) is 11.7 Å². The van der Waals surface area contributed by atoms with Gasteiger partial charge in [0.2, 0.25) is 0 Å². The third-order valence-electron chi connectivity index (χ3n) is 4.12. The van der Waals surface area contributed by atoms with Crippen LogP contribution in [0.1, 0.15) is 54.4 Å². The Morgan fingerprint density at radius 3 is 2.25 bits per heavy atom. The molecule has 134 valence electrons. The maximum absolute atomic E-state index is 4.06. The van der Waals surface area contributed by atoms with Gasteiger partial charge < -0.3 is 5.32 Å². The van der Waals surface area contributed by atoms with E-state index in [1.807, 2.05) is 24.3 Å². The SMILES string of the molecule is C=C/C=C\CC(C)C/C=C(C)/C=C/C=C/C(=C)NC(C)C(C)(C)C. The molecule has 0 heterocycles. The summed E-state index contributed by atoms with van der Waals surface area (Å²) in [6.07, 6.45) is 18.8. The number of rotatable bonds is 10. The molecule has 2 unspecified atom stereocenters. The Morgan fingerprint density at radius 2 is 1.67 bits per heavy atom. The van der Waals surface area contributed by atoms with Crippen molar-refractivity contribution in [2.24, 2.45) is 11.3 Å². The van der Waals surface area contributed by atoms with Gasteiger partial charge in [0.05, 0.1) is 0 Å². The molecule has 0 aromatic rings. The van der Waals surface area contributed by atoms with E-state index in [4.69, 9.17) is 0 Å². The van der Waals surface area contributed by atoms with Gasteiger partial charge in [0.1, 0.15) is 0 Å². The lowest BCUT2D eigenvalue weighted by molar-refractivity contribution is 0.305. The summed E-state index contributed by atoms with van der Waals surface area (Å²) in [5.41, 5.74) is 2.47. The fourth-order valence-corrected chi connectivity index (χ4v) is 1.88. The summed E-state index contributed by atoms with van der Waals surface area (Å²) in [5.74, 6) is 0.656. The molecule has 0 aromatic carbocycles. The molecule has 0 saturated carbocycles.